The number of carbonyl (C=O) groups is 1. The van der Waals surface area contributed by atoms with Crippen LogP contribution in [-0.4, -0.2) is 29.2 Å². The maximum absolute atomic E-state index is 12.3. The van der Waals surface area contributed by atoms with Gasteiger partial charge in [0.25, 0.3) is 5.91 Å². The van der Waals surface area contributed by atoms with Crippen LogP contribution in [-0.2, 0) is 0 Å². The van der Waals surface area contributed by atoms with Crippen LogP contribution in [0.3, 0.4) is 0 Å². The summed E-state index contributed by atoms with van der Waals surface area (Å²) in [6.07, 6.45) is 3.63. The molecule has 0 radical (unpaired) electrons. The second-order valence-corrected chi connectivity index (χ2v) is 5.96. The van der Waals surface area contributed by atoms with E-state index in [9.17, 15) is 9.90 Å². The molecule has 0 spiro atoms. The van der Waals surface area contributed by atoms with Crippen molar-refractivity contribution >= 4 is 11.6 Å². The normalized spacial score (nSPS) is 17.2. The zero-order valence-electron chi connectivity index (χ0n) is 12.3. The largest absolute Gasteiger partial charge is 0.388 e. The summed E-state index contributed by atoms with van der Waals surface area (Å²) in [5, 5.41) is 16.4. The Hall–Kier alpha value is -1.55. The molecule has 0 aliphatic heterocycles. The maximum atomic E-state index is 12.3. The highest BCUT2D eigenvalue weighted by Crippen LogP contribution is 2.28. The molecule has 1 aliphatic rings. The Morgan fingerprint density at radius 2 is 1.95 bits per heavy atom. The van der Waals surface area contributed by atoms with E-state index in [1.54, 1.807) is 6.07 Å². The number of carbonyl (C=O) groups excluding carboxylic acids is 1. The van der Waals surface area contributed by atoms with E-state index in [2.05, 4.69) is 10.6 Å². The molecule has 3 N–H and O–H groups in total. The Kier molecular flexibility index (Phi) is 4.65. The SMILES string of the molecule is CC(C)Nc1ccccc1C(=O)NCC1(O)CCCC1. The molecule has 0 saturated heterocycles. The molecule has 110 valence electrons. The maximum Gasteiger partial charge on any atom is 0.253 e. The van der Waals surface area contributed by atoms with E-state index in [0.717, 1.165) is 31.4 Å². The summed E-state index contributed by atoms with van der Waals surface area (Å²) in [6.45, 7) is 4.41. The van der Waals surface area contributed by atoms with E-state index in [1.165, 1.54) is 0 Å². The average molecular weight is 276 g/mol. The number of nitrogens with one attached hydrogen (secondary N) is 2. The molecule has 4 heteroatoms. The van der Waals surface area contributed by atoms with Gasteiger partial charge in [-0.1, -0.05) is 25.0 Å². The first-order valence-electron chi connectivity index (χ1n) is 7.36. The summed E-state index contributed by atoms with van der Waals surface area (Å²) in [5.41, 5.74) is 0.747. The smallest absolute Gasteiger partial charge is 0.253 e. The summed E-state index contributed by atoms with van der Waals surface area (Å²) in [7, 11) is 0. The Labute approximate surface area is 120 Å². The van der Waals surface area contributed by atoms with Crippen LogP contribution in [0.5, 0.6) is 0 Å². The molecular formula is C16H24N2O2. The lowest BCUT2D eigenvalue weighted by Gasteiger charge is -2.23. The van der Waals surface area contributed by atoms with Gasteiger partial charge in [0.15, 0.2) is 0 Å². The Morgan fingerprint density at radius 3 is 2.60 bits per heavy atom. The molecule has 0 aromatic heterocycles. The quantitative estimate of drug-likeness (QED) is 0.774. The number of aliphatic hydroxyl groups is 1. The number of hydrogen-bond donors (Lipinski definition) is 3. The van der Waals surface area contributed by atoms with Crippen LogP contribution in [0, 0.1) is 0 Å². The lowest BCUT2D eigenvalue weighted by Crippen LogP contribution is -2.41. The first kappa shape index (κ1) is 14.9. The number of benzene rings is 1. The molecule has 1 saturated carbocycles. The van der Waals surface area contributed by atoms with Crippen LogP contribution in [0.15, 0.2) is 24.3 Å². The van der Waals surface area contributed by atoms with Crippen molar-refractivity contribution in [2.24, 2.45) is 0 Å². The summed E-state index contributed by atoms with van der Waals surface area (Å²) < 4.78 is 0. The third-order valence-electron chi connectivity index (χ3n) is 3.73. The van der Waals surface area contributed by atoms with Gasteiger partial charge in [0.05, 0.1) is 11.2 Å². The van der Waals surface area contributed by atoms with E-state index in [-0.39, 0.29) is 11.9 Å². The topological polar surface area (TPSA) is 61.4 Å². The highest BCUT2D eigenvalue weighted by atomic mass is 16.3. The molecular weight excluding hydrogens is 252 g/mol. The van der Waals surface area contributed by atoms with E-state index >= 15 is 0 Å². The second kappa shape index (κ2) is 6.27. The van der Waals surface area contributed by atoms with Crippen molar-refractivity contribution in [2.45, 2.75) is 51.2 Å². The van der Waals surface area contributed by atoms with Crippen molar-refractivity contribution in [3.63, 3.8) is 0 Å². The minimum Gasteiger partial charge on any atom is -0.388 e. The lowest BCUT2D eigenvalue weighted by atomic mass is 10.0. The number of hydrogen-bond acceptors (Lipinski definition) is 3. The minimum atomic E-state index is -0.712. The summed E-state index contributed by atoms with van der Waals surface area (Å²) in [4.78, 5) is 12.3. The molecule has 1 fully saturated rings. The molecule has 4 nitrogen and oxygen atoms in total. The fourth-order valence-corrected chi connectivity index (χ4v) is 2.67. The zero-order valence-corrected chi connectivity index (χ0v) is 12.3. The van der Waals surface area contributed by atoms with Gasteiger partial charge in [0, 0.05) is 18.3 Å². The van der Waals surface area contributed by atoms with Gasteiger partial charge in [-0.15, -0.1) is 0 Å². The Bertz CT molecular complexity index is 465. The minimum absolute atomic E-state index is 0.130. The predicted octanol–water partition coefficient (Wildman–Crippen LogP) is 2.54. The predicted molar refractivity (Wildman–Crippen MR) is 81.0 cm³/mol. The highest BCUT2D eigenvalue weighted by Gasteiger charge is 2.31. The molecule has 0 unspecified atom stereocenters. The molecule has 0 heterocycles. The van der Waals surface area contributed by atoms with Crippen LogP contribution in [0.1, 0.15) is 49.9 Å². The third kappa shape index (κ3) is 3.73. The molecule has 0 bridgehead atoms. The molecule has 20 heavy (non-hydrogen) atoms. The fraction of sp³-hybridized carbons (Fsp3) is 0.562. The van der Waals surface area contributed by atoms with E-state index in [4.69, 9.17) is 0 Å². The van der Waals surface area contributed by atoms with Crippen LogP contribution >= 0.6 is 0 Å². The summed E-state index contributed by atoms with van der Waals surface area (Å²) in [6, 6.07) is 7.73. The molecule has 1 amide bonds. The van der Waals surface area contributed by atoms with Gasteiger partial charge in [0.1, 0.15) is 0 Å². The van der Waals surface area contributed by atoms with Crippen LogP contribution < -0.4 is 10.6 Å². The van der Waals surface area contributed by atoms with Crippen molar-refractivity contribution in [1.29, 1.82) is 0 Å². The summed E-state index contributed by atoms with van der Waals surface area (Å²) >= 11 is 0. The molecule has 1 aliphatic carbocycles. The van der Waals surface area contributed by atoms with Gasteiger partial charge < -0.3 is 15.7 Å². The monoisotopic (exact) mass is 276 g/mol. The molecule has 1 aromatic rings. The van der Waals surface area contributed by atoms with Crippen molar-refractivity contribution in [1.82, 2.24) is 5.32 Å². The summed E-state index contributed by atoms with van der Waals surface area (Å²) in [5.74, 6) is -0.130. The number of rotatable bonds is 5. The zero-order chi connectivity index (χ0) is 14.6. The first-order chi connectivity index (χ1) is 9.50. The van der Waals surface area contributed by atoms with Gasteiger partial charge in [-0.05, 0) is 38.8 Å². The van der Waals surface area contributed by atoms with Crippen molar-refractivity contribution in [2.75, 3.05) is 11.9 Å². The van der Waals surface area contributed by atoms with Gasteiger partial charge in [-0.25, -0.2) is 0 Å². The van der Waals surface area contributed by atoms with Crippen LogP contribution in [0.4, 0.5) is 5.69 Å². The van der Waals surface area contributed by atoms with Gasteiger partial charge in [-0.2, -0.15) is 0 Å². The Balaban J connectivity index is 2.01. The molecule has 0 atom stereocenters. The molecule has 1 aromatic carbocycles. The van der Waals surface area contributed by atoms with Gasteiger partial charge in [0.2, 0.25) is 0 Å². The second-order valence-electron chi connectivity index (χ2n) is 5.96. The van der Waals surface area contributed by atoms with E-state index in [1.807, 2.05) is 32.0 Å². The van der Waals surface area contributed by atoms with Gasteiger partial charge >= 0.3 is 0 Å². The van der Waals surface area contributed by atoms with Crippen LogP contribution in [0.2, 0.25) is 0 Å². The highest BCUT2D eigenvalue weighted by molar-refractivity contribution is 5.99. The third-order valence-corrected chi connectivity index (χ3v) is 3.73. The number of para-hydroxylation sites is 1. The average Bonchev–Trinajstić information content (AvgIpc) is 2.83. The van der Waals surface area contributed by atoms with Crippen LogP contribution in [0.25, 0.3) is 0 Å². The van der Waals surface area contributed by atoms with Gasteiger partial charge in [-0.3, -0.25) is 4.79 Å². The van der Waals surface area contributed by atoms with E-state index in [0.29, 0.717) is 12.1 Å². The standard InChI is InChI=1S/C16H24N2O2/c1-12(2)18-14-8-4-3-7-13(14)15(19)17-11-16(20)9-5-6-10-16/h3-4,7-8,12,18,20H,5-6,9-11H2,1-2H3,(H,17,19). The Morgan fingerprint density at radius 1 is 1.30 bits per heavy atom. The number of amides is 1. The van der Waals surface area contributed by atoms with E-state index < -0.39 is 5.60 Å². The van der Waals surface area contributed by atoms with Crippen molar-refractivity contribution in [3.05, 3.63) is 29.8 Å². The number of anilines is 1. The first-order valence-corrected chi connectivity index (χ1v) is 7.36. The lowest BCUT2D eigenvalue weighted by molar-refractivity contribution is 0.0450. The molecule has 2 rings (SSSR count). The van der Waals surface area contributed by atoms with Crippen molar-refractivity contribution in [3.8, 4) is 0 Å². The van der Waals surface area contributed by atoms with Crippen molar-refractivity contribution < 1.29 is 9.90 Å². The fourth-order valence-electron chi connectivity index (χ4n) is 2.67.